The van der Waals surface area contributed by atoms with Gasteiger partial charge in [0, 0.05) is 5.08 Å². The third-order valence-corrected chi connectivity index (χ3v) is 4.72. The molecular formula is C9H14O4S2. The van der Waals surface area contributed by atoms with Gasteiger partial charge in [-0.3, -0.25) is 9.59 Å². The van der Waals surface area contributed by atoms with Crippen LogP contribution < -0.4 is 0 Å². The lowest BCUT2D eigenvalue weighted by atomic mass is 10.3. The van der Waals surface area contributed by atoms with Gasteiger partial charge in [-0.2, -0.15) is 0 Å². The first kappa shape index (κ1) is 12.7. The van der Waals surface area contributed by atoms with Gasteiger partial charge >= 0.3 is 11.9 Å². The first-order chi connectivity index (χ1) is 7.20. The maximum atomic E-state index is 11.5. The molecular weight excluding hydrogens is 236 g/mol. The number of esters is 2. The molecule has 0 radical (unpaired) electrons. The van der Waals surface area contributed by atoms with Gasteiger partial charge in [-0.1, -0.05) is 0 Å². The molecule has 0 amide bonds. The third-order valence-electron chi connectivity index (χ3n) is 1.81. The Kier molecular flexibility index (Phi) is 5.31. The Hall–Kier alpha value is -0.360. The number of hydrogen-bond donors (Lipinski definition) is 0. The zero-order valence-corrected chi connectivity index (χ0v) is 10.4. The second kappa shape index (κ2) is 6.27. The molecule has 0 aliphatic carbocycles. The molecule has 1 saturated heterocycles. The highest BCUT2D eigenvalue weighted by Crippen LogP contribution is 2.38. The predicted molar refractivity (Wildman–Crippen MR) is 60.9 cm³/mol. The monoisotopic (exact) mass is 250 g/mol. The van der Waals surface area contributed by atoms with E-state index in [1.165, 1.54) is 23.5 Å². The molecule has 2 unspecified atom stereocenters. The lowest BCUT2D eigenvalue weighted by Gasteiger charge is -2.14. The summed E-state index contributed by atoms with van der Waals surface area (Å²) >= 11 is 2.88. The van der Waals surface area contributed by atoms with Crippen molar-refractivity contribution in [3.8, 4) is 0 Å². The molecule has 1 fully saturated rings. The van der Waals surface area contributed by atoms with Crippen LogP contribution in [0.3, 0.4) is 0 Å². The van der Waals surface area contributed by atoms with E-state index in [0.717, 1.165) is 5.08 Å². The number of hydrogen-bond acceptors (Lipinski definition) is 6. The standard InChI is InChI=1S/C9H14O4S2/c1-3-12-8(10)6-7(15-5-14-6)9(11)13-4-2/h6-7H,3-5H2,1-2H3. The maximum absolute atomic E-state index is 11.5. The summed E-state index contributed by atoms with van der Waals surface area (Å²) in [7, 11) is 0. The minimum atomic E-state index is -0.408. The second-order valence-electron chi connectivity index (χ2n) is 2.80. The number of carbonyl (C=O) groups excluding carboxylic acids is 2. The van der Waals surface area contributed by atoms with E-state index in [2.05, 4.69) is 0 Å². The number of rotatable bonds is 4. The molecule has 1 aliphatic heterocycles. The zero-order chi connectivity index (χ0) is 11.3. The minimum Gasteiger partial charge on any atom is -0.465 e. The number of thioether (sulfide) groups is 2. The highest BCUT2D eigenvalue weighted by molar-refractivity contribution is 8.20. The van der Waals surface area contributed by atoms with Crippen LogP contribution in [0.1, 0.15) is 13.8 Å². The van der Waals surface area contributed by atoms with E-state index in [1.807, 2.05) is 0 Å². The van der Waals surface area contributed by atoms with Crippen LogP contribution in [-0.2, 0) is 19.1 Å². The fourth-order valence-corrected chi connectivity index (χ4v) is 4.13. The summed E-state index contributed by atoms with van der Waals surface area (Å²) in [5.41, 5.74) is 0. The molecule has 0 bridgehead atoms. The van der Waals surface area contributed by atoms with Crippen LogP contribution in [0, 0.1) is 0 Å². The fourth-order valence-electron chi connectivity index (χ4n) is 1.19. The molecule has 15 heavy (non-hydrogen) atoms. The van der Waals surface area contributed by atoms with Crippen LogP contribution in [0.25, 0.3) is 0 Å². The Morgan fingerprint density at radius 1 is 1.07 bits per heavy atom. The van der Waals surface area contributed by atoms with E-state index < -0.39 is 10.5 Å². The van der Waals surface area contributed by atoms with Crippen LogP contribution in [-0.4, -0.2) is 40.7 Å². The summed E-state index contributed by atoms with van der Waals surface area (Å²) in [5.74, 6) is -0.629. The van der Waals surface area contributed by atoms with E-state index in [0.29, 0.717) is 13.2 Å². The van der Waals surface area contributed by atoms with Crippen molar-refractivity contribution in [3.63, 3.8) is 0 Å². The van der Waals surface area contributed by atoms with Gasteiger partial charge in [-0.15, -0.1) is 23.5 Å². The Morgan fingerprint density at radius 3 is 1.80 bits per heavy atom. The zero-order valence-electron chi connectivity index (χ0n) is 8.73. The summed E-state index contributed by atoms with van der Waals surface area (Å²) in [6.07, 6.45) is 0. The molecule has 6 heteroatoms. The van der Waals surface area contributed by atoms with Crippen molar-refractivity contribution in [2.45, 2.75) is 24.3 Å². The van der Waals surface area contributed by atoms with Gasteiger partial charge in [-0.25, -0.2) is 0 Å². The first-order valence-electron chi connectivity index (χ1n) is 4.77. The average Bonchev–Trinajstić information content (AvgIpc) is 2.66. The van der Waals surface area contributed by atoms with Crippen molar-refractivity contribution in [3.05, 3.63) is 0 Å². The topological polar surface area (TPSA) is 52.6 Å². The Labute approximate surface area is 97.4 Å². The van der Waals surface area contributed by atoms with Crippen molar-refractivity contribution in [1.29, 1.82) is 0 Å². The minimum absolute atomic E-state index is 0.314. The molecule has 0 aromatic heterocycles. The van der Waals surface area contributed by atoms with E-state index in [4.69, 9.17) is 9.47 Å². The molecule has 0 saturated carbocycles. The Balaban J connectivity index is 2.56. The molecule has 2 atom stereocenters. The molecule has 1 rings (SSSR count). The van der Waals surface area contributed by atoms with Crippen molar-refractivity contribution < 1.29 is 19.1 Å². The van der Waals surface area contributed by atoms with Gasteiger partial charge in [0.05, 0.1) is 13.2 Å². The summed E-state index contributed by atoms with van der Waals surface area (Å²) < 4.78 is 9.81. The van der Waals surface area contributed by atoms with Crippen molar-refractivity contribution in [2.24, 2.45) is 0 Å². The quantitative estimate of drug-likeness (QED) is 0.701. The molecule has 0 N–H and O–H groups in total. The molecule has 86 valence electrons. The van der Waals surface area contributed by atoms with Crippen LogP contribution in [0.4, 0.5) is 0 Å². The smallest absolute Gasteiger partial charge is 0.320 e. The van der Waals surface area contributed by atoms with Gasteiger partial charge in [0.15, 0.2) is 0 Å². The number of carbonyl (C=O) groups is 2. The predicted octanol–water partition coefficient (Wildman–Crippen LogP) is 1.29. The van der Waals surface area contributed by atoms with Crippen molar-refractivity contribution >= 4 is 35.5 Å². The summed E-state index contributed by atoms with van der Waals surface area (Å²) in [6, 6.07) is 0. The molecule has 1 aliphatic rings. The normalized spacial score (nSPS) is 24.9. The Morgan fingerprint density at radius 2 is 1.47 bits per heavy atom. The van der Waals surface area contributed by atoms with E-state index in [-0.39, 0.29) is 11.9 Å². The molecule has 4 nitrogen and oxygen atoms in total. The molecule has 0 spiro atoms. The summed E-state index contributed by atoms with van der Waals surface area (Å²) in [5, 5.41) is -0.0875. The molecule has 1 heterocycles. The third kappa shape index (κ3) is 3.31. The van der Waals surface area contributed by atoms with Gasteiger partial charge < -0.3 is 9.47 Å². The van der Waals surface area contributed by atoms with Crippen molar-refractivity contribution in [1.82, 2.24) is 0 Å². The highest BCUT2D eigenvalue weighted by Gasteiger charge is 2.41. The SMILES string of the molecule is CCOC(=O)C1SCSC1C(=O)OCC. The van der Waals surface area contributed by atoms with Gasteiger partial charge in [-0.05, 0) is 13.8 Å². The fraction of sp³-hybridized carbons (Fsp3) is 0.778. The summed E-state index contributed by atoms with van der Waals surface area (Å²) in [6.45, 7) is 4.19. The largest absolute Gasteiger partial charge is 0.465 e. The van der Waals surface area contributed by atoms with E-state index >= 15 is 0 Å². The van der Waals surface area contributed by atoms with E-state index in [1.54, 1.807) is 13.8 Å². The van der Waals surface area contributed by atoms with Gasteiger partial charge in [0.25, 0.3) is 0 Å². The van der Waals surface area contributed by atoms with Crippen molar-refractivity contribution in [2.75, 3.05) is 18.3 Å². The Bertz CT molecular complexity index is 220. The lowest BCUT2D eigenvalue weighted by molar-refractivity contribution is -0.148. The van der Waals surface area contributed by atoms with Gasteiger partial charge in [0.1, 0.15) is 10.5 Å². The molecule has 0 aromatic rings. The van der Waals surface area contributed by atoms with Crippen LogP contribution in [0.15, 0.2) is 0 Å². The summed E-state index contributed by atoms with van der Waals surface area (Å²) in [4.78, 5) is 23.0. The van der Waals surface area contributed by atoms with Crippen LogP contribution in [0.2, 0.25) is 0 Å². The average molecular weight is 250 g/mol. The maximum Gasteiger partial charge on any atom is 0.320 e. The lowest BCUT2D eigenvalue weighted by Crippen LogP contribution is -2.34. The number of ether oxygens (including phenoxy) is 2. The van der Waals surface area contributed by atoms with Gasteiger partial charge in [0.2, 0.25) is 0 Å². The second-order valence-corrected chi connectivity index (χ2v) is 5.42. The van der Waals surface area contributed by atoms with E-state index in [9.17, 15) is 9.59 Å². The van der Waals surface area contributed by atoms with Crippen LogP contribution >= 0.6 is 23.5 Å². The van der Waals surface area contributed by atoms with Crippen LogP contribution in [0.5, 0.6) is 0 Å². The highest BCUT2D eigenvalue weighted by atomic mass is 32.2. The molecule has 0 aromatic carbocycles. The first-order valence-corrected chi connectivity index (χ1v) is 6.87.